The number of carbonyl (C=O) groups excluding carboxylic acids is 1. The molecule has 0 spiro atoms. The third-order valence-corrected chi connectivity index (χ3v) is 4.93. The van der Waals surface area contributed by atoms with Gasteiger partial charge in [0.25, 0.3) is 0 Å². The number of anilines is 2. The van der Waals surface area contributed by atoms with Crippen molar-refractivity contribution in [3.05, 3.63) is 96.0 Å². The number of rotatable bonds is 7. The normalized spacial score (nSPS) is 10.9. The van der Waals surface area contributed by atoms with Crippen LogP contribution >= 0.6 is 0 Å². The second-order valence-corrected chi connectivity index (χ2v) is 7.33. The highest BCUT2D eigenvalue weighted by Crippen LogP contribution is 2.26. The molecule has 0 fully saturated rings. The Bertz CT molecular complexity index is 1500. The lowest BCUT2D eigenvalue weighted by molar-refractivity contribution is 0.110. The Hall–Kier alpha value is -4.66. The quantitative estimate of drug-likeness (QED) is 0.313. The lowest BCUT2D eigenvalue weighted by Gasteiger charge is -2.10. The van der Waals surface area contributed by atoms with Gasteiger partial charge in [0.05, 0.1) is 11.7 Å². The molecule has 3 heterocycles. The maximum Gasteiger partial charge on any atom is 0.227 e. The van der Waals surface area contributed by atoms with Crippen molar-refractivity contribution < 1.29 is 22.7 Å². The van der Waals surface area contributed by atoms with Crippen LogP contribution in [0, 0.1) is 11.6 Å². The van der Waals surface area contributed by atoms with E-state index in [0.29, 0.717) is 39.9 Å². The molecule has 5 rings (SSSR count). The Morgan fingerprint density at radius 2 is 1.91 bits per heavy atom. The molecule has 168 valence electrons. The van der Waals surface area contributed by atoms with Crippen LogP contribution in [0.5, 0.6) is 5.75 Å². The number of nitrogens with one attached hydrogen (secondary N) is 1. The summed E-state index contributed by atoms with van der Waals surface area (Å²) < 4.78 is 38.6. The summed E-state index contributed by atoms with van der Waals surface area (Å²) in [5, 5.41) is 3.66. The van der Waals surface area contributed by atoms with Crippen LogP contribution in [0.4, 0.5) is 20.4 Å². The number of nitrogens with zero attached hydrogens (tertiary/aromatic N) is 3. The van der Waals surface area contributed by atoms with E-state index in [0.717, 1.165) is 0 Å². The minimum Gasteiger partial charge on any atom is -0.486 e. The van der Waals surface area contributed by atoms with Gasteiger partial charge in [-0.25, -0.2) is 18.7 Å². The number of carbonyl (C=O) groups is 1. The Kier molecular flexibility index (Phi) is 5.65. The van der Waals surface area contributed by atoms with Crippen molar-refractivity contribution in [2.45, 2.75) is 6.61 Å². The maximum atomic E-state index is 14.5. The van der Waals surface area contributed by atoms with E-state index in [1.807, 2.05) is 0 Å². The number of ether oxygens (including phenoxy) is 1. The molecular weight excluding hydrogens is 442 g/mol. The van der Waals surface area contributed by atoms with Crippen LogP contribution in [-0.4, -0.2) is 21.2 Å². The minimum atomic E-state index is -0.582. The molecule has 0 atom stereocenters. The average molecular weight is 458 g/mol. The zero-order valence-electron chi connectivity index (χ0n) is 17.5. The highest BCUT2D eigenvalue weighted by atomic mass is 19.1. The molecule has 0 radical (unpaired) electrons. The fourth-order valence-corrected chi connectivity index (χ4v) is 3.30. The van der Waals surface area contributed by atoms with Crippen molar-refractivity contribution >= 4 is 28.8 Å². The Labute approximate surface area is 192 Å². The third-order valence-electron chi connectivity index (χ3n) is 4.93. The molecule has 0 unspecified atom stereocenters. The van der Waals surface area contributed by atoms with E-state index in [4.69, 9.17) is 9.15 Å². The van der Waals surface area contributed by atoms with E-state index in [9.17, 15) is 13.6 Å². The van der Waals surface area contributed by atoms with Crippen molar-refractivity contribution in [1.82, 2.24) is 15.0 Å². The summed E-state index contributed by atoms with van der Waals surface area (Å²) in [4.78, 5) is 23.8. The molecule has 34 heavy (non-hydrogen) atoms. The summed E-state index contributed by atoms with van der Waals surface area (Å²) in [7, 11) is 0. The molecule has 0 aliphatic carbocycles. The highest BCUT2D eigenvalue weighted by Gasteiger charge is 2.10. The summed E-state index contributed by atoms with van der Waals surface area (Å²) in [5.41, 5.74) is 2.13. The molecule has 0 amide bonds. The van der Waals surface area contributed by atoms with Gasteiger partial charge in [-0.1, -0.05) is 12.1 Å². The highest BCUT2D eigenvalue weighted by molar-refractivity contribution is 5.82. The summed E-state index contributed by atoms with van der Waals surface area (Å²) in [5.74, 6) is 0.0158. The first-order chi connectivity index (χ1) is 16.6. The van der Waals surface area contributed by atoms with Crippen LogP contribution in [0.15, 0.2) is 77.5 Å². The topological polar surface area (TPSA) is 90.1 Å². The van der Waals surface area contributed by atoms with Gasteiger partial charge >= 0.3 is 0 Å². The number of aromatic nitrogens is 3. The molecule has 0 aliphatic heterocycles. The van der Waals surface area contributed by atoms with Crippen LogP contribution in [0.3, 0.4) is 0 Å². The van der Waals surface area contributed by atoms with Crippen molar-refractivity contribution in [3.8, 4) is 17.2 Å². The van der Waals surface area contributed by atoms with E-state index in [1.54, 1.807) is 48.8 Å². The van der Waals surface area contributed by atoms with Crippen LogP contribution < -0.4 is 10.1 Å². The second kappa shape index (κ2) is 9.07. The van der Waals surface area contributed by atoms with Gasteiger partial charge in [-0.3, -0.25) is 9.78 Å². The fourth-order valence-electron chi connectivity index (χ4n) is 3.30. The maximum absolute atomic E-state index is 14.5. The number of hydrogen-bond acceptors (Lipinski definition) is 7. The Balaban J connectivity index is 1.29. The van der Waals surface area contributed by atoms with Gasteiger partial charge in [0, 0.05) is 23.3 Å². The van der Waals surface area contributed by atoms with Crippen molar-refractivity contribution in [1.29, 1.82) is 0 Å². The van der Waals surface area contributed by atoms with Gasteiger partial charge in [-0.15, -0.1) is 0 Å². The summed E-state index contributed by atoms with van der Waals surface area (Å²) >= 11 is 0. The summed E-state index contributed by atoms with van der Waals surface area (Å²) in [6.45, 7) is 0.0404. The largest absolute Gasteiger partial charge is 0.486 e. The first-order valence-electron chi connectivity index (χ1n) is 10.2. The predicted octanol–water partition coefficient (Wildman–Crippen LogP) is 5.70. The summed E-state index contributed by atoms with van der Waals surface area (Å²) in [6, 6.07) is 15.3. The van der Waals surface area contributed by atoms with Gasteiger partial charge in [0.15, 0.2) is 29.4 Å². The number of furan rings is 1. The van der Waals surface area contributed by atoms with Crippen LogP contribution in [0.25, 0.3) is 22.4 Å². The van der Waals surface area contributed by atoms with Crippen molar-refractivity contribution in [2.24, 2.45) is 0 Å². The fraction of sp³-hybridized carbons (Fsp3) is 0.0400. The van der Waals surface area contributed by atoms with E-state index in [-0.39, 0.29) is 29.9 Å². The van der Waals surface area contributed by atoms with Gasteiger partial charge in [0.2, 0.25) is 5.95 Å². The lowest BCUT2D eigenvalue weighted by Crippen LogP contribution is -2.00. The van der Waals surface area contributed by atoms with E-state index >= 15 is 0 Å². The predicted molar refractivity (Wildman–Crippen MR) is 121 cm³/mol. The lowest BCUT2D eigenvalue weighted by atomic mass is 10.2. The molecule has 0 saturated heterocycles. The Morgan fingerprint density at radius 3 is 2.71 bits per heavy atom. The molecule has 9 heteroatoms. The molecule has 7 nitrogen and oxygen atoms in total. The zero-order valence-corrected chi connectivity index (χ0v) is 17.5. The average Bonchev–Trinajstić information content (AvgIpc) is 3.33. The standard InChI is InChI=1S/C25H16F2N4O3/c26-17-3-1-2-15(8-17)14-33-23-6-4-18(10-20(23)27)30-25-29-11-16-9-21(28-12-22(16)31-25)24-7-5-19(13-32)34-24/h1-13H,14H2,(H,29,30,31). The molecule has 3 aromatic heterocycles. The smallest absolute Gasteiger partial charge is 0.227 e. The van der Waals surface area contributed by atoms with Gasteiger partial charge in [0.1, 0.15) is 18.1 Å². The molecule has 5 aromatic rings. The van der Waals surface area contributed by atoms with Gasteiger partial charge < -0.3 is 14.5 Å². The molecule has 0 saturated carbocycles. The number of hydrogen-bond donors (Lipinski definition) is 1. The number of halogens is 2. The Morgan fingerprint density at radius 1 is 1.00 bits per heavy atom. The number of fused-ring (bicyclic) bond motifs is 1. The zero-order chi connectivity index (χ0) is 23.5. The SMILES string of the molecule is O=Cc1ccc(-c2cc3cnc(Nc4ccc(OCc5cccc(F)c5)c(F)c4)nc3cn2)o1. The minimum absolute atomic E-state index is 0.0404. The van der Waals surface area contributed by atoms with Gasteiger partial charge in [-0.05, 0) is 48.0 Å². The molecule has 1 N–H and O–H groups in total. The first kappa shape index (κ1) is 21.2. The van der Waals surface area contributed by atoms with E-state index in [1.165, 1.54) is 24.3 Å². The molecule has 2 aromatic carbocycles. The summed E-state index contributed by atoms with van der Waals surface area (Å²) in [6.07, 6.45) is 3.79. The molecular formula is C25H16F2N4O3. The van der Waals surface area contributed by atoms with Crippen molar-refractivity contribution in [2.75, 3.05) is 5.32 Å². The van der Waals surface area contributed by atoms with E-state index < -0.39 is 5.82 Å². The monoisotopic (exact) mass is 458 g/mol. The van der Waals surface area contributed by atoms with Crippen LogP contribution in [-0.2, 0) is 6.61 Å². The van der Waals surface area contributed by atoms with Crippen molar-refractivity contribution in [3.63, 3.8) is 0 Å². The van der Waals surface area contributed by atoms with Crippen LogP contribution in [0.2, 0.25) is 0 Å². The molecule has 0 bridgehead atoms. The molecule has 0 aliphatic rings. The van der Waals surface area contributed by atoms with E-state index in [2.05, 4.69) is 20.3 Å². The first-order valence-corrected chi connectivity index (χ1v) is 10.2. The third kappa shape index (κ3) is 4.58. The number of pyridine rings is 1. The van der Waals surface area contributed by atoms with Crippen LogP contribution in [0.1, 0.15) is 16.1 Å². The van der Waals surface area contributed by atoms with Gasteiger partial charge in [-0.2, -0.15) is 0 Å². The number of aldehydes is 1. The second-order valence-electron chi connectivity index (χ2n) is 7.33. The number of benzene rings is 2.